The lowest BCUT2D eigenvalue weighted by atomic mass is 9.95. The number of fused-ring (bicyclic) bond motifs is 3. The van der Waals surface area contributed by atoms with Gasteiger partial charge >= 0.3 is 0 Å². The molecule has 0 aliphatic carbocycles. The predicted molar refractivity (Wildman–Crippen MR) is 115 cm³/mol. The largest absolute Gasteiger partial charge is 0.246 e. The SMILES string of the molecule is Clc1c(-c2ccccc2)nc2c(ccc3ccccc32)c1-c1ccccc1. The Morgan fingerprint density at radius 3 is 1.93 bits per heavy atom. The first kappa shape index (κ1) is 16.0. The minimum Gasteiger partial charge on any atom is -0.246 e. The van der Waals surface area contributed by atoms with E-state index >= 15 is 0 Å². The molecule has 1 aromatic heterocycles. The van der Waals surface area contributed by atoms with Crippen LogP contribution in [0.15, 0.2) is 97.1 Å². The molecule has 0 bridgehead atoms. The highest BCUT2D eigenvalue weighted by molar-refractivity contribution is 6.38. The Kier molecular flexibility index (Phi) is 3.88. The number of aromatic nitrogens is 1. The molecule has 0 atom stereocenters. The lowest BCUT2D eigenvalue weighted by Gasteiger charge is -2.15. The second-order valence-corrected chi connectivity index (χ2v) is 6.94. The van der Waals surface area contributed by atoms with Gasteiger partial charge < -0.3 is 0 Å². The summed E-state index contributed by atoms with van der Waals surface area (Å²) in [7, 11) is 0. The second kappa shape index (κ2) is 6.53. The maximum absolute atomic E-state index is 6.95. The minimum atomic E-state index is 0.690. The average Bonchev–Trinajstić information content (AvgIpc) is 2.74. The Bertz CT molecular complexity index is 1260. The van der Waals surface area contributed by atoms with E-state index in [1.54, 1.807) is 0 Å². The van der Waals surface area contributed by atoms with Crippen LogP contribution in [0, 0.1) is 0 Å². The number of benzene rings is 4. The summed E-state index contributed by atoms with van der Waals surface area (Å²) < 4.78 is 0. The molecule has 0 saturated heterocycles. The molecular formula is C25H16ClN. The molecule has 0 spiro atoms. The van der Waals surface area contributed by atoms with Gasteiger partial charge in [-0.2, -0.15) is 0 Å². The molecule has 128 valence electrons. The molecule has 0 fully saturated rings. The summed E-state index contributed by atoms with van der Waals surface area (Å²) in [5.41, 5.74) is 4.96. The molecule has 1 nitrogen and oxygen atoms in total. The second-order valence-electron chi connectivity index (χ2n) is 6.56. The fraction of sp³-hybridized carbons (Fsp3) is 0. The fourth-order valence-corrected chi connectivity index (χ4v) is 4.01. The van der Waals surface area contributed by atoms with Crippen LogP contribution in [0.3, 0.4) is 0 Å². The van der Waals surface area contributed by atoms with Crippen molar-refractivity contribution in [2.24, 2.45) is 0 Å². The van der Waals surface area contributed by atoms with Crippen LogP contribution in [0.5, 0.6) is 0 Å². The van der Waals surface area contributed by atoms with E-state index in [0.29, 0.717) is 5.02 Å². The third-order valence-electron chi connectivity index (χ3n) is 4.93. The number of rotatable bonds is 2. The molecular weight excluding hydrogens is 350 g/mol. The molecule has 4 aromatic carbocycles. The zero-order valence-electron chi connectivity index (χ0n) is 14.6. The smallest absolute Gasteiger partial charge is 0.0902 e. The van der Waals surface area contributed by atoms with Gasteiger partial charge in [0.1, 0.15) is 0 Å². The highest BCUT2D eigenvalue weighted by Crippen LogP contribution is 2.41. The van der Waals surface area contributed by atoms with Crippen LogP contribution in [-0.2, 0) is 0 Å². The van der Waals surface area contributed by atoms with E-state index in [1.807, 2.05) is 36.4 Å². The van der Waals surface area contributed by atoms with E-state index in [-0.39, 0.29) is 0 Å². The predicted octanol–water partition coefficient (Wildman–Crippen LogP) is 7.38. The van der Waals surface area contributed by atoms with E-state index in [2.05, 4.69) is 60.7 Å². The van der Waals surface area contributed by atoms with Crippen molar-refractivity contribution in [3.8, 4) is 22.4 Å². The summed E-state index contributed by atoms with van der Waals surface area (Å²) in [5.74, 6) is 0. The van der Waals surface area contributed by atoms with E-state index in [4.69, 9.17) is 16.6 Å². The van der Waals surface area contributed by atoms with Gasteiger partial charge in [0, 0.05) is 21.9 Å². The Labute approximate surface area is 162 Å². The molecule has 0 aliphatic heterocycles. The normalized spacial score (nSPS) is 11.1. The number of pyridine rings is 1. The Hall–Kier alpha value is -3.16. The molecule has 0 amide bonds. The topological polar surface area (TPSA) is 12.9 Å². The number of halogens is 1. The third-order valence-corrected chi connectivity index (χ3v) is 5.30. The van der Waals surface area contributed by atoms with Gasteiger partial charge in [0.15, 0.2) is 0 Å². The van der Waals surface area contributed by atoms with Crippen molar-refractivity contribution in [1.29, 1.82) is 0 Å². The van der Waals surface area contributed by atoms with Crippen molar-refractivity contribution in [2.75, 3.05) is 0 Å². The van der Waals surface area contributed by atoms with Gasteiger partial charge in [-0.05, 0) is 10.9 Å². The molecule has 0 radical (unpaired) electrons. The van der Waals surface area contributed by atoms with Crippen molar-refractivity contribution >= 4 is 33.3 Å². The van der Waals surface area contributed by atoms with Crippen molar-refractivity contribution in [1.82, 2.24) is 4.98 Å². The van der Waals surface area contributed by atoms with E-state index in [0.717, 1.165) is 38.7 Å². The molecule has 0 aliphatic rings. The average molecular weight is 366 g/mol. The zero-order valence-corrected chi connectivity index (χ0v) is 15.3. The van der Waals surface area contributed by atoms with Gasteiger partial charge in [0.2, 0.25) is 0 Å². The Morgan fingerprint density at radius 1 is 0.556 bits per heavy atom. The highest BCUT2D eigenvalue weighted by Gasteiger charge is 2.17. The van der Waals surface area contributed by atoms with Crippen molar-refractivity contribution < 1.29 is 0 Å². The minimum absolute atomic E-state index is 0.690. The monoisotopic (exact) mass is 365 g/mol. The van der Waals surface area contributed by atoms with Crippen LogP contribution in [0.25, 0.3) is 44.1 Å². The number of nitrogens with zero attached hydrogens (tertiary/aromatic N) is 1. The molecule has 5 rings (SSSR count). The summed E-state index contributed by atoms with van der Waals surface area (Å²) in [6, 6.07) is 33.1. The molecule has 0 N–H and O–H groups in total. The third kappa shape index (κ3) is 2.68. The molecule has 5 aromatic rings. The first-order chi connectivity index (χ1) is 13.3. The van der Waals surface area contributed by atoms with Crippen LogP contribution >= 0.6 is 11.6 Å². The van der Waals surface area contributed by atoms with E-state index in [9.17, 15) is 0 Å². The molecule has 0 saturated carbocycles. The Balaban J connectivity index is 1.97. The molecule has 27 heavy (non-hydrogen) atoms. The summed E-state index contributed by atoms with van der Waals surface area (Å²) in [6.45, 7) is 0. The Morgan fingerprint density at radius 2 is 1.19 bits per heavy atom. The fourth-order valence-electron chi connectivity index (χ4n) is 3.65. The van der Waals surface area contributed by atoms with Gasteiger partial charge in [-0.1, -0.05) is 109 Å². The quantitative estimate of drug-likeness (QED) is 0.297. The van der Waals surface area contributed by atoms with Crippen molar-refractivity contribution in [3.05, 3.63) is 102 Å². The molecule has 2 heteroatoms. The van der Waals surface area contributed by atoms with Crippen LogP contribution in [0.1, 0.15) is 0 Å². The zero-order chi connectivity index (χ0) is 18.2. The van der Waals surface area contributed by atoms with Crippen molar-refractivity contribution in [3.63, 3.8) is 0 Å². The van der Waals surface area contributed by atoms with E-state index in [1.165, 1.54) is 5.39 Å². The molecule has 1 heterocycles. The first-order valence-electron chi connectivity index (χ1n) is 8.95. The van der Waals surface area contributed by atoms with Crippen LogP contribution in [0.4, 0.5) is 0 Å². The first-order valence-corrected chi connectivity index (χ1v) is 9.32. The van der Waals surface area contributed by atoms with Gasteiger partial charge in [-0.25, -0.2) is 4.98 Å². The van der Waals surface area contributed by atoms with Gasteiger partial charge in [-0.15, -0.1) is 0 Å². The van der Waals surface area contributed by atoms with E-state index < -0.39 is 0 Å². The maximum atomic E-state index is 6.95. The van der Waals surface area contributed by atoms with Crippen LogP contribution in [-0.4, -0.2) is 4.98 Å². The standard InChI is InChI=1S/C25H16ClN/c26-23-22(18-10-3-1-4-11-18)21-16-15-17-9-7-8-14-20(17)25(21)27-24(23)19-12-5-2-6-13-19/h1-16H. The summed E-state index contributed by atoms with van der Waals surface area (Å²) in [4.78, 5) is 5.03. The number of hydrogen-bond acceptors (Lipinski definition) is 1. The maximum Gasteiger partial charge on any atom is 0.0902 e. The van der Waals surface area contributed by atoms with Crippen LogP contribution < -0.4 is 0 Å². The lowest BCUT2D eigenvalue weighted by molar-refractivity contribution is 1.41. The number of hydrogen-bond donors (Lipinski definition) is 0. The summed E-state index contributed by atoms with van der Waals surface area (Å²) >= 11 is 6.95. The van der Waals surface area contributed by atoms with Gasteiger partial charge in [0.25, 0.3) is 0 Å². The summed E-state index contributed by atoms with van der Waals surface area (Å²) in [5, 5.41) is 4.08. The highest BCUT2D eigenvalue weighted by atomic mass is 35.5. The summed E-state index contributed by atoms with van der Waals surface area (Å²) in [6.07, 6.45) is 0. The van der Waals surface area contributed by atoms with Gasteiger partial charge in [0.05, 0.1) is 16.2 Å². The van der Waals surface area contributed by atoms with Gasteiger partial charge in [-0.3, -0.25) is 0 Å². The van der Waals surface area contributed by atoms with Crippen LogP contribution in [0.2, 0.25) is 5.02 Å². The van der Waals surface area contributed by atoms with Crippen molar-refractivity contribution in [2.45, 2.75) is 0 Å². The molecule has 0 unspecified atom stereocenters. The lowest BCUT2D eigenvalue weighted by Crippen LogP contribution is -1.93.